The third kappa shape index (κ3) is 4.90. The number of hydrogen-bond acceptors (Lipinski definition) is 6. The van der Waals surface area contributed by atoms with Gasteiger partial charge in [0.05, 0.1) is 12.0 Å². The highest BCUT2D eigenvalue weighted by Crippen LogP contribution is 2.27. The van der Waals surface area contributed by atoms with E-state index in [2.05, 4.69) is 4.98 Å². The number of nitriles is 1. The molecule has 0 radical (unpaired) electrons. The summed E-state index contributed by atoms with van der Waals surface area (Å²) in [7, 11) is 0. The summed E-state index contributed by atoms with van der Waals surface area (Å²) in [4.78, 5) is 29.0. The van der Waals surface area contributed by atoms with Gasteiger partial charge in [-0.3, -0.25) is 9.59 Å². The number of aromatic nitrogens is 1. The number of ether oxygens (including phenoxy) is 1. The van der Waals surface area contributed by atoms with Gasteiger partial charge in [-0.1, -0.05) is 37.6 Å². The molecule has 0 bridgehead atoms. The molecule has 0 N–H and O–H groups in total. The van der Waals surface area contributed by atoms with Gasteiger partial charge in [0.1, 0.15) is 5.01 Å². The van der Waals surface area contributed by atoms with Crippen LogP contribution in [0.15, 0.2) is 29.6 Å². The van der Waals surface area contributed by atoms with Crippen LogP contribution in [0.25, 0.3) is 0 Å². The zero-order chi connectivity index (χ0) is 19.3. The number of rotatable bonds is 7. The number of esters is 1. The molecule has 0 spiro atoms. The van der Waals surface area contributed by atoms with E-state index in [1.54, 1.807) is 36.6 Å². The molecular weight excluding hydrogens is 372 g/mol. The van der Waals surface area contributed by atoms with E-state index in [9.17, 15) is 14.9 Å². The van der Waals surface area contributed by atoms with Crippen LogP contribution in [0.2, 0.25) is 5.02 Å². The molecule has 0 aliphatic carbocycles. The van der Waals surface area contributed by atoms with Crippen LogP contribution in [0.5, 0.6) is 0 Å². The molecule has 26 heavy (non-hydrogen) atoms. The molecule has 0 amide bonds. The maximum Gasteiger partial charge on any atom is 0.314 e. The van der Waals surface area contributed by atoms with E-state index in [0.29, 0.717) is 10.0 Å². The van der Waals surface area contributed by atoms with Gasteiger partial charge in [0, 0.05) is 16.1 Å². The number of benzene rings is 1. The lowest BCUT2D eigenvalue weighted by molar-refractivity contribution is -0.150. The van der Waals surface area contributed by atoms with Crippen molar-refractivity contribution in [1.29, 1.82) is 5.26 Å². The third-order valence-corrected chi connectivity index (χ3v) is 5.12. The van der Waals surface area contributed by atoms with E-state index in [0.717, 1.165) is 11.3 Å². The minimum absolute atomic E-state index is 0.0212. The third-order valence-electron chi connectivity index (χ3n) is 3.84. The lowest BCUT2D eigenvalue weighted by atomic mass is 9.88. The Morgan fingerprint density at radius 2 is 1.96 bits per heavy atom. The molecule has 1 aromatic carbocycles. The van der Waals surface area contributed by atoms with Crippen molar-refractivity contribution in [1.82, 2.24) is 4.98 Å². The number of Topliss-reactive ketones (excluding diaryl/α,β-unsaturated/α-hetero) is 1. The fraction of sp³-hybridized carbons (Fsp3) is 0.368. The van der Waals surface area contributed by atoms with Crippen LogP contribution < -0.4 is 0 Å². The lowest BCUT2D eigenvalue weighted by Gasteiger charge is -2.20. The van der Waals surface area contributed by atoms with Crippen molar-refractivity contribution in [3.8, 4) is 6.07 Å². The van der Waals surface area contributed by atoms with Gasteiger partial charge in [-0.2, -0.15) is 5.26 Å². The summed E-state index contributed by atoms with van der Waals surface area (Å²) >= 11 is 7.14. The van der Waals surface area contributed by atoms with Gasteiger partial charge in [-0.25, -0.2) is 4.98 Å². The molecule has 1 heterocycles. The molecule has 2 rings (SSSR count). The first-order valence-corrected chi connectivity index (χ1v) is 9.35. The van der Waals surface area contributed by atoms with Crippen LogP contribution in [-0.2, 0) is 14.3 Å². The Hall–Kier alpha value is -2.23. The first-order valence-electron chi connectivity index (χ1n) is 8.10. The van der Waals surface area contributed by atoms with Gasteiger partial charge in [0.2, 0.25) is 0 Å². The molecule has 0 fully saturated rings. The first kappa shape index (κ1) is 20.1. The van der Waals surface area contributed by atoms with Crippen molar-refractivity contribution in [2.24, 2.45) is 5.92 Å². The average Bonchev–Trinajstić information content (AvgIpc) is 3.01. The Bertz CT molecular complexity index is 824. The monoisotopic (exact) mass is 390 g/mol. The topological polar surface area (TPSA) is 80.0 Å². The number of thiazole rings is 1. The van der Waals surface area contributed by atoms with E-state index >= 15 is 0 Å². The second-order valence-electron chi connectivity index (χ2n) is 6.24. The van der Waals surface area contributed by atoms with Crippen LogP contribution in [0.4, 0.5) is 0 Å². The summed E-state index contributed by atoms with van der Waals surface area (Å²) in [6, 6.07) is 8.90. The number of carbonyl (C=O) groups is 2. The fourth-order valence-electron chi connectivity index (χ4n) is 2.55. The van der Waals surface area contributed by atoms with E-state index in [-0.39, 0.29) is 5.92 Å². The zero-order valence-corrected chi connectivity index (χ0v) is 16.3. The first-order chi connectivity index (χ1) is 12.3. The summed E-state index contributed by atoms with van der Waals surface area (Å²) in [5.41, 5.74) is 1.52. The maximum absolute atomic E-state index is 12.5. The van der Waals surface area contributed by atoms with Gasteiger partial charge >= 0.3 is 5.97 Å². The number of hydrogen-bond donors (Lipinski definition) is 0. The van der Waals surface area contributed by atoms with Gasteiger partial charge in [0.25, 0.3) is 0 Å². The maximum atomic E-state index is 12.5. The molecule has 0 aliphatic rings. The molecule has 2 aromatic rings. The van der Waals surface area contributed by atoms with Crippen LogP contribution in [0, 0.1) is 24.2 Å². The number of carbonyl (C=O) groups excluding carboxylic acids is 2. The summed E-state index contributed by atoms with van der Waals surface area (Å²) in [6.07, 6.45) is 0. The van der Waals surface area contributed by atoms with Crippen LogP contribution in [0.3, 0.4) is 0 Å². The van der Waals surface area contributed by atoms with Gasteiger partial charge < -0.3 is 4.74 Å². The predicted molar refractivity (Wildman–Crippen MR) is 100 cm³/mol. The molecule has 1 aromatic heterocycles. The summed E-state index contributed by atoms with van der Waals surface area (Å²) in [5, 5.41) is 12.0. The van der Waals surface area contributed by atoms with Crippen molar-refractivity contribution in [3.63, 3.8) is 0 Å². The van der Waals surface area contributed by atoms with E-state index < -0.39 is 30.2 Å². The number of nitrogens with zero attached hydrogens (tertiary/aromatic N) is 2. The summed E-state index contributed by atoms with van der Waals surface area (Å²) < 4.78 is 5.23. The Kier molecular flexibility index (Phi) is 6.90. The Labute approximate surface area is 161 Å². The highest BCUT2D eigenvalue weighted by molar-refractivity contribution is 7.09. The lowest BCUT2D eigenvalue weighted by Crippen LogP contribution is -2.25. The van der Waals surface area contributed by atoms with Crippen LogP contribution in [0.1, 0.15) is 41.9 Å². The predicted octanol–water partition coefficient (Wildman–Crippen LogP) is 4.26. The highest BCUT2D eigenvalue weighted by atomic mass is 35.5. The van der Waals surface area contributed by atoms with Crippen molar-refractivity contribution in [2.75, 3.05) is 6.61 Å². The minimum Gasteiger partial charge on any atom is -0.457 e. The molecular formula is C19H19ClN2O3S. The highest BCUT2D eigenvalue weighted by Gasteiger charge is 2.29. The number of ketones is 1. The number of halogens is 1. The minimum atomic E-state index is -1.02. The molecule has 136 valence electrons. The second kappa shape index (κ2) is 8.93. The van der Waals surface area contributed by atoms with Crippen molar-refractivity contribution >= 4 is 34.7 Å². The molecule has 0 aliphatic heterocycles. The summed E-state index contributed by atoms with van der Waals surface area (Å²) in [5.74, 6) is -2.53. The smallest absolute Gasteiger partial charge is 0.314 e. The van der Waals surface area contributed by atoms with E-state index in [1.165, 1.54) is 11.3 Å². The van der Waals surface area contributed by atoms with E-state index in [4.69, 9.17) is 16.3 Å². The van der Waals surface area contributed by atoms with Crippen LogP contribution >= 0.6 is 22.9 Å². The molecule has 7 heteroatoms. The van der Waals surface area contributed by atoms with Gasteiger partial charge in [-0.15, -0.1) is 11.3 Å². The molecule has 0 unspecified atom stereocenters. The Morgan fingerprint density at radius 1 is 1.31 bits per heavy atom. The zero-order valence-electron chi connectivity index (χ0n) is 14.7. The fourth-order valence-corrected chi connectivity index (χ4v) is 3.54. The molecule has 2 atom stereocenters. The SMILES string of the molecule is Cc1csc([C@H](C#N)C(=O)COC(=O)[C@H](c2ccc(Cl)cc2)C(C)C)n1. The van der Waals surface area contributed by atoms with Gasteiger partial charge in [0.15, 0.2) is 18.3 Å². The number of aryl methyl sites for hydroxylation is 1. The van der Waals surface area contributed by atoms with Crippen molar-refractivity contribution < 1.29 is 14.3 Å². The van der Waals surface area contributed by atoms with Crippen molar-refractivity contribution in [2.45, 2.75) is 32.6 Å². The standard InChI is InChI=1S/C19H19ClN2O3S/c1-11(2)17(13-4-6-14(20)7-5-13)19(24)25-9-16(23)15(8-21)18-22-12(3)10-26-18/h4-7,10-11,15,17H,9H2,1-3H3/t15-,17+/m1/s1. The molecule has 0 saturated carbocycles. The molecule has 5 nitrogen and oxygen atoms in total. The largest absolute Gasteiger partial charge is 0.457 e. The normalized spacial score (nSPS) is 13.1. The van der Waals surface area contributed by atoms with Crippen molar-refractivity contribution in [3.05, 3.63) is 50.9 Å². The van der Waals surface area contributed by atoms with E-state index in [1.807, 2.05) is 19.9 Å². The summed E-state index contributed by atoms with van der Waals surface area (Å²) in [6.45, 7) is 5.14. The van der Waals surface area contributed by atoms with Crippen LogP contribution in [-0.4, -0.2) is 23.3 Å². The Morgan fingerprint density at radius 3 is 2.46 bits per heavy atom. The van der Waals surface area contributed by atoms with Gasteiger partial charge in [-0.05, 0) is 30.5 Å². The molecule has 0 saturated heterocycles. The quantitative estimate of drug-likeness (QED) is 0.659. The Balaban J connectivity index is 2.06. The average molecular weight is 391 g/mol. The second-order valence-corrected chi connectivity index (χ2v) is 7.56.